The maximum absolute atomic E-state index is 8.96. The highest BCUT2D eigenvalue weighted by Crippen LogP contribution is 2.18. The van der Waals surface area contributed by atoms with Crippen LogP contribution in [0.25, 0.3) is 0 Å². The lowest BCUT2D eigenvalue weighted by atomic mass is 10.2. The van der Waals surface area contributed by atoms with E-state index in [-0.39, 0.29) is 6.10 Å². The van der Waals surface area contributed by atoms with E-state index >= 15 is 0 Å². The summed E-state index contributed by atoms with van der Waals surface area (Å²) in [6.07, 6.45) is 4.35. The molecule has 1 saturated heterocycles. The van der Waals surface area contributed by atoms with Gasteiger partial charge in [-0.3, -0.25) is 0 Å². The molecule has 0 amide bonds. The Bertz CT molecular complexity index is 401. The van der Waals surface area contributed by atoms with Crippen molar-refractivity contribution in [3.05, 3.63) is 18.1 Å². The monoisotopic (exact) mass is 218 g/mol. The molecule has 0 spiro atoms. The molecule has 0 aliphatic carbocycles. The Morgan fingerprint density at radius 3 is 3.12 bits per heavy atom. The van der Waals surface area contributed by atoms with Gasteiger partial charge in [-0.25, -0.2) is 9.97 Å². The molecule has 0 saturated carbocycles. The highest BCUT2D eigenvalue weighted by molar-refractivity contribution is 5.49. The molecule has 1 atom stereocenters. The summed E-state index contributed by atoms with van der Waals surface area (Å²) < 4.78 is 5.58. The molecule has 0 aromatic carbocycles. The first-order valence-electron chi connectivity index (χ1n) is 5.42. The van der Waals surface area contributed by atoms with Crippen LogP contribution in [0.1, 0.15) is 19.0 Å². The van der Waals surface area contributed by atoms with Gasteiger partial charge in [-0.15, -0.1) is 0 Å². The number of hydrogen-bond acceptors (Lipinski definition) is 5. The Morgan fingerprint density at radius 1 is 1.56 bits per heavy atom. The third-order valence-electron chi connectivity index (χ3n) is 2.68. The topological polar surface area (TPSA) is 62.0 Å². The molecule has 2 heterocycles. The number of anilines is 1. The molecule has 16 heavy (non-hydrogen) atoms. The summed E-state index contributed by atoms with van der Waals surface area (Å²) in [5.41, 5.74) is 0.388. The van der Waals surface area contributed by atoms with E-state index in [9.17, 15) is 0 Å². The zero-order chi connectivity index (χ0) is 11.4. The molecule has 1 aliphatic rings. The first kappa shape index (κ1) is 10.8. The van der Waals surface area contributed by atoms with Crippen LogP contribution in [0.3, 0.4) is 0 Å². The van der Waals surface area contributed by atoms with Gasteiger partial charge in [0.2, 0.25) is 0 Å². The predicted octanol–water partition coefficient (Wildman–Crippen LogP) is 0.963. The molecule has 2 rings (SSSR count). The molecular formula is C11H14N4O. The Labute approximate surface area is 94.7 Å². The Morgan fingerprint density at radius 2 is 2.38 bits per heavy atom. The third-order valence-corrected chi connectivity index (χ3v) is 2.68. The Kier molecular flexibility index (Phi) is 3.32. The fraction of sp³-hybridized carbons (Fsp3) is 0.545. The lowest BCUT2D eigenvalue weighted by Gasteiger charge is -2.33. The number of ether oxygens (including phenoxy) is 1. The minimum Gasteiger partial charge on any atom is -0.375 e. The second-order valence-corrected chi connectivity index (χ2v) is 3.69. The summed E-state index contributed by atoms with van der Waals surface area (Å²) in [5, 5.41) is 8.96. The van der Waals surface area contributed by atoms with Crippen molar-refractivity contribution in [2.45, 2.75) is 19.4 Å². The average Bonchev–Trinajstić information content (AvgIpc) is 2.38. The summed E-state index contributed by atoms with van der Waals surface area (Å²) >= 11 is 0. The largest absolute Gasteiger partial charge is 0.375 e. The predicted molar refractivity (Wildman–Crippen MR) is 59.0 cm³/mol. The number of morpholine rings is 1. The van der Waals surface area contributed by atoms with Crippen molar-refractivity contribution < 1.29 is 4.74 Å². The van der Waals surface area contributed by atoms with E-state index < -0.39 is 0 Å². The Hall–Kier alpha value is -1.67. The average molecular weight is 218 g/mol. The fourth-order valence-electron chi connectivity index (χ4n) is 1.80. The van der Waals surface area contributed by atoms with E-state index in [1.54, 1.807) is 12.4 Å². The molecule has 0 bridgehead atoms. The van der Waals surface area contributed by atoms with E-state index in [1.165, 1.54) is 0 Å². The number of hydrogen-bond donors (Lipinski definition) is 0. The minimum atomic E-state index is 0.224. The normalized spacial score (nSPS) is 20.5. The van der Waals surface area contributed by atoms with E-state index in [2.05, 4.69) is 27.9 Å². The molecule has 1 aliphatic heterocycles. The maximum atomic E-state index is 8.96. The Balaban J connectivity index is 2.20. The lowest BCUT2D eigenvalue weighted by molar-refractivity contribution is 0.0381. The molecule has 5 heteroatoms. The SMILES string of the molecule is CCC1CN(c2nccnc2C#N)CCO1. The van der Waals surface area contributed by atoms with Crippen LogP contribution in [0.2, 0.25) is 0 Å². The molecule has 1 aromatic rings. The lowest BCUT2D eigenvalue weighted by Crippen LogP contribution is -2.43. The zero-order valence-corrected chi connectivity index (χ0v) is 9.26. The third kappa shape index (κ3) is 2.12. The summed E-state index contributed by atoms with van der Waals surface area (Å²) in [5.74, 6) is 0.673. The van der Waals surface area contributed by atoms with Gasteiger partial charge in [0.25, 0.3) is 0 Å². The van der Waals surface area contributed by atoms with Crippen LogP contribution in [-0.4, -0.2) is 35.8 Å². The second-order valence-electron chi connectivity index (χ2n) is 3.69. The second kappa shape index (κ2) is 4.90. The molecule has 1 unspecified atom stereocenters. The fourth-order valence-corrected chi connectivity index (χ4v) is 1.80. The molecular weight excluding hydrogens is 204 g/mol. The van der Waals surface area contributed by atoms with E-state index in [0.29, 0.717) is 18.1 Å². The molecule has 84 valence electrons. The number of rotatable bonds is 2. The quantitative estimate of drug-likeness (QED) is 0.740. The van der Waals surface area contributed by atoms with Crippen molar-refractivity contribution in [1.82, 2.24) is 9.97 Å². The van der Waals surface area contributed by atoms with Crippen LogP contribution in [0.4, 0.5) is 5.82 Å². The van der Waals surface area contributed by atoms with Gasteiger partial charge in [0.05, 0.1) is 12.7 Å². The standard InChI is InChI=1S/C11H14N4O/c1-2-9-8-15(5-6-16-9)11-10(7-12)13-3-4-14-11/h3-4,9H,2,5-6,8H2,1H3. The summed E-state index contributed by atoms with van der Waals surface area (Å²) in [4.78, 5) is 10.3. The summed E-state index contributed by atoms with van der Waals surface area (Å²) in [7, 11) is 0. The first-order valence-corrected chi connectivity index (χ1v) is 5.42. The van der Waals surface area contributed by atoms with Gasteiger partial charge >= 0.3 is 0 Å². The molecule has 1 fully saturated rings. The van der Waals surface area contributed by atoms with Crippen LogP contribution < -0.4 is 4.90 Å². The smallest absolute Gasteiger partial charge is 0.183 e. The van der Waals surface area contributed by atoms with Crippen LogP contribution in [0.15, 0.2) is 12.4 Å². The zero-order valence-electron chi connectivity index (χ0n) is 9.26. The van der Waals surface area contributed by atoms with Crippen LogP contribution in [-0.2, 0) is 4.74 Å². The van der Waals surface area contributed by atoms with Gasteiger partial charge < -0.3 is 9.64 Å². The molecule has 0 N–H and O–H groups in total. The minimum absolute atomic E-state index is 0.224. The van der Waals surface area contributed by atoms with E-state index in [4.69, 9.17) is 10.00 Å². The maximum Gasteiger partial charge on any atom is 0.183 e. The molecule has 0 radical (unpaired) electrons. The van der Waals surface area contributed by atoms with Crippen molar-refractivity contribution >= 4 is 5.82 Å². The highest BCUT2D eigenvalue weighted by Gasteiger charge is 2.22. The van der Waals surface area contributed by atoms with Crippen LogP contribution >= 0.6 is 0 Å². The van der Waals surface area contributed by atoms with Crippen molar-refractivity contribution in [3.8, 4) is 6.07 Å². The van der Waals surface area contributed by atoms with Gasteiger partial charge in [-0.2, -0.15) is 5.26 Å². The summed E-state index contributed by atoms with van der Waals surface area (Å²) in [6.45, 7) is 4.32. The summed E-state index contributed by atoms with van der Waals surface area (Å²) in [6, 6.07) is 2.07. The van der Waals surface area contributed by atoms with Gasteiger partial charge in [0.15, 0.2) is 11.5 Å². The van der Waals surface area contributed by atoms with Crippen LogP contribution in [0, 0.1) is 11.3 Å². The van der Waals surface area contributed by atoms with Gasteiger partial charge in [-0.1, -0.05) is 6.92 Å². The highest BCUT2D eigenvalue weighted by atomic mass is 16.5. The van der Waals surface area contributed by atoms with Crippen molar-refractivity contribution in [2.24, 2.45) is 0 Å². The van der Waals surface area contributed by atoms with E-state index in [0.717, 1.165) is 19.5 Å². The van der Waals surface area contributed by atoms with Gasteiger partial charge in [0.1, 0.15) is 6.07 Å². The van der Waals surface area contributed by atoms with Crippen molar-refractivity contribution in [1.29, 1.82) is 5.26 Å². The molecule has 5 nitrogen and oxygen atoms in total. The number of nitriles is 1. The van der Waals surface area contributed by atoms with Crippen LogP contribution in [0.5, 0.6) is 0 Å². The first-order chi connectivity index (χ1) is 7.85. The number of nitrogens with zero attached hydrogens (tertiary/aromatic N) is 4. The number of aromatic nitrogens is 2. The molecule has 1 aromatic heterocycles. The van der Waals surface area contributed by atoms with Crippen molar-refractivity contribution in [3.63, 3.8) is 0 Å². The van der Waals surface area contributed by atoms with E-state index in [1.807, 2.05) is 0 Å². The van der Waals surface area contributed by atoms with Crippen molar-refractivity contribution in [2.75, 3.05) is 24.6 Å². The van der Waals surface area contributed by atoms with Gasteiger partial charge in [-0.05, 0) is 6.42 Å². The van der Waals surface area contributed by atoms with Gasteiger partial charge in [0, 0.05) is 25.5 Å².